The van der Waals surface area contributed by atoms with Crippen molar-refractivity contribution >= 4 is 29.1 Å². The molecule has 0 aromatic heterocycles. The van der Waals surface area contributed by atoms with Gasteiger partial charge in [0.1, 0.15) is 0 Å². The molecule has 4 rings (SSSR count). The van der Waals surface area contributed by atoms with E-state index in [4.69, 9.17) is 11.6 Å². The minimum atomic E-state index is -0.375. The van der Waals surface area contributed by atoms with Crippen LogP contribution >= 0.6 is 11.6 Å². The van der Waals surface area contributed by atoms with Gasteiger partial charge in [-0.15, -0.1) is 0 Å². The van der Waals surface area contributed by atoms with E-state index >= 15 is 0 Å². The van der Waals surface area contributed by atoms with Crippen molar-refractivity contribution in [2.45, 2.75) is 6.42 Å². The van der Waals surface area contributed by atoms with E-state index in [9.17, 15) is 9.59 Å². The van der Waals surface area contributed by atoms with Crippen LogP contribution in [0.5, 0.6) is 0 Å². The van der Waals surface area contributed by atoms with Gasteiger partial charge in [0.15, 0.2) is 0 Å². The van der Waals surface area contributed by atoms with Crippen LogP contribution < -0.4 is 10.6 Å². The van der Waals surface area contributed by atoms with Crippen LogP contribution in [0.15, 0.2) is 66.7 Å². The second-order valence-corrected chi connectivity index (χ2v) is 6.82. The van der Waals surface area contributed by atoms with Gasteiger partial charge in [0.05, 0.1) is 17.1 Å². The lowest BCUT2D eigenvalue weighted by Crippen LogP contribution is -2.33. The number of fused-ring (bicyclic) bond motifs is 3. The third kappa shape index (κ3) is 3.57. The number of halogens is 1. The Hall–Kier alpha value is -3.11. The number of hydrogen-bond acceptors (Lipinski definition) is 2. The quantitative estimate of drug-likeness (QED) is 0.558. The lowest BCUT2D eigenvalue weighted by molar-refractivity contribution is -0.115. The largest absolute Gasteiger partial charge is 0.343 e. The summed E-state index contributed by atoms with van der Waals surface area (Å²) < 4.78 is 0. The van der Waals surface area contributed by atoms with Crippen LogP contribution in [-0.2, 0) is 11.2 Å². The molecule has 0 atom stereocenters. The SMILES string of the molecule is O=C(CNC(=O)c1ccccc1Cl)Nc1ccc2c(c1)Cc1ccccc1-2. The van der Waals surface area contributed by atoms with Crippen molar-refractivity contribution in [2.75, 3.05) is 11.9 Å². The van der Waals surface area contributed by atoms with E-state index in [1.165, 1.54) is 22.3 Å². The van der Waals surface area contributed by atoms with E-state index in [1.807, 2.05) is 30.3 Å². The Morgan fingerprint density at radius 2 is 1.63 bits per heavy atom. The van der Waals surface area contributed by atoms with Crippen molar-refractivity contribution in [1.29, 1.82) is 0 Å². The Labute approximate surface area is 162 Å². The molecule has 27 heavy (non-hydrogen) atoms. The van der Waals surface area contributed by atoms with Gasteiger partial charge in [-0.3, -0.25) is 9.59 Å². The fourth-order valence-corrected chi connectivity index (χ4v) is 3.55. The van der Waals surface area contributed by atoms with Gasteiger partial charge in [0.25, 0.3) is 5.91 Å². The third-order valence-electron chi connectivity index (χ3n) is 4.61. The maximum atomic E-state index is 12.2. The summed E-state index contributed by atoms with van der Waals surface area (Å²) in [5, 5.41) is 5.78. The third-order valence-corrected chi connectivity index (χ3v) is 4.94. The van der Waals surface area contributed by atoms with Gasteiger partial charge >= 0.3 is 0 Å². The smallest absolute Gasteiger partial charge is 0.253 e. The summed E-state index contributed by atoms with van der Waals surface area (Å²) in [5.41, 5.74) is 6.01. The fraction of sp³-hybridized carbons (Fsp3) is 0.0909. The molecule has 0 fully saturated rings. The summed E-state index contributed by atoms with van der Waals surface area (Å²) in [6, 6.07) is 20.9. The molecule has 0 bridgehead atoms. The van der Waals surface area contributed by atoms with Gasteiger partial charge in [-0.05, 0) is 52.9 Å². The molecule has 1 aliphatic carbocycles. The first-order valence-electron chi connectivity index (χ1n) is 8.65. The summed E-state index contributed by atoms with van der Waals surface area (Å²) in [4.78, 5) is 24.3. The number of hydrogen-bond donors (Lipinski definition) is 2. The number of carbonyl (C=O) groups excluding carboxylic acids is 2. The van der Waals surface area contributed by atoms with Crippen LogP contribution in [0.4, 0.5) is 5.69 Å². The standard InChI is InChI=1S/C22H17ClN2O2/c23-20-8-4-3-7-19(20)22(27)24-13-21(26)25-16-9-10-18-15(12-16)11-14-5-1-2-6-17(14)18/h1-10,12H,11,13H2,(H,24,27)(H,25,26). The molecule has 0 unspecified atom stereocenters. The maximum absolute atomic E-state index is 12.2. The van der Waals surface area contributed by atoms with Gasteiger partial charge in [-0.2, -0.15) is 0 Å². The van der Waals surface area contributed by atoms with Gasteiger partial charge in [0, 0.05) is 5.69 Å². The van der Waals surface area contributed by atoms with Gasteiger partial charge in [-0.1, -0.05) is 54.1 Å². The van der Waals surface area contributed by atoms with E-state index < -0.39 is 0 Å². The minimum absolute atomic E-state index is 0.124. The zero-order valence-corrected chi connectivity index (χ0v) is 15.2. The lowest BCUT2D eigenvalue weighted by Gasteiger charge is -2.09. The zero-order chi connectivity index (χ0) is 18.8. The van der Waals surface area contributed by atoms with Crippen molar-refractivity contribution in [1.82, 2.24) is 5.32 Å². The molecule has 4 nitrogen and oxygen atoms in total. The average molecular weight is 377 g/mol. The molecule has 0 radical (unpaired) electrons. The van der Waals surface area contributed by atoms with E-state index in [0.717, 1.165) is 12.1 Å². The Morgan fingerprint density at radius 1 is 0.889 bits per heavy atom. The summed E-state index contributed by atoms with van der Waals surface area (Å²) in [5.74, 6) is -0.661. The molecule has 1 aliphatic rings. The molecule has 134 valence electrons. The summed E-state index contributed by atoms with van der Waals surface area (Å²) in [6.45, 7) is -0.124. The Morgan fingerprint density at radius 3 is 2.48 bits per heavy atom. The molecule has 0 saturated carbocycles. The molecule has 3 aromatic rings. The number of rotatable bonds is 4. The molecule has 0 heterocycles. The summed E-state index contributed by atoms with van der Waals surface area (Å²) in [6.07, 6.45) is 0.860. The minimum Gasteiger partial charge on any atom is -0.343 e. The van der Waals surface area contributed by atoms with Crippen LogP contribution in [0.1, 0.15) is 21.5 Å². The summed E-state index contributed by atoms with van der Waals surface area (Å²) in [7, 11) is 0. The molecule has 2 N–H and O–H groups in total. The molecule has 0 spiro atoms. The van der Waals surface area contributed by atoms with Crippen molar-refractivity contribution in [2.24, 2.45) is 0 Å². The number of carbonyl (C=O) groups is 2. The highest BCUT2D eigenvalue weighted by Gasteiger charge is 2.18. The van der Waals surface area contributed by atoms with Crippen LogP contribution in [-0.4, -0.2) is 18.4 Å². The molecule has 5 heteroatoms. The van der Waals surface area contributed by atoms with Crippen molar-refractivity contribution in [3.05, 3.63) is 88.4 Å². The van der Waals surface area contributed by atoms with Crippen LogP contribution in [0.2, 0.25) is 5.02 Å². The molecule has 2 amide bonds. The second-order valence-electron chi connectivity index (χ2n) is 6.42. The van der Waals surface area contributed by atoms with E-state index in [-0.39, 0.29) is 18.4 Å². The second kappa shape index (κ2) is 7.25. The topological polar surface area (TPSA) is 58.2 Å². The number of nitrogens with one attached hydrogen (secondary N) is 2. The van der Waals surface area contributed by atoms with Crippen molar-refractivity contribution in [3.63, 3.8) is 0 Å². The van der Waals surface area contributed by atoms with Crippen LogP contribution in [0, 0.1) is 0 Å². The zero-order valence-electron chi connectivity index (χ0n) is 14.5. The molecule has 0 saturated heterocycles. The highest BCUT2D eigenvalue weighted by atomic mass is 35.5. The molecular weight excluding hydrogens is 360 g/mol. The van der Waals surface area contributed by atoms with Gasteiger partial charge < -0.3 is 10.6 Å². The first-order valence-corrected chi connectivity index (χ1v) is 9.03. The van der Waals surface area contributed by atoms with Gasteiger partial charge in [0.2, 0.25) is 5.91 Å². The van der Waals surface area contributed by atoms with Crippen LogP contribution in [0.25, 0.3) is 11.1 Å². The Kier molecular flexibility index (Phi) is 4.65. The first kappa shape index (κ1) is 17.3. The maximum Gasteiger partial charge on any atom is 0.253 e. The van der Waals surface area contributed by atoms with E-state index in [0.29, 0.717) is 10.6 Å². The molecule has 3 aromatic carbocycles. The first-order chi connectivity index (χ1) is 13.1. The monoisotopic (exact) mass is 376 g/mol. The summed E-state index contributed by atoms with van der Waals surface area (Å²) >= 11 is 6.00. The fourth-order valence-electron chi connectivity index (χ4n) is 3.33. The predicted octanol–water partition coefficient (Wildman–Crippen LogP) is 4.28. The van der Waals surface area contributed by atoms with Gasteiger partial charge in [-0.25, -0.2) is 0 Å². The highest BCUT2D eigenvalue weighted by Crippen LogP contribution is 2.37. The lowest BCUT2D eigenvalue weighted by atomic mass is 10.1. The van der Waals surface area contributed by atoms with Crippen molar-refractivity contribution < 1.29 is 9.59 Å². The van der Waals surface area contributed by atoms with Crippen LogP contribution in [0.3, 0.4) is 0 Å². The average Bonchev–Trinajstić information content (AvgIpc) is 3.04. The Bertz CT molecular complexity index is 1050. The highest BCUT2D eigenvalue weighted by molar-refractivity contribution is 6.33. The van der Waals surface area contributed by atoms with Crippen molar-refractivity contribution in [3.8, 4) is 11.1 Å². The number of benzene rings is 3. The van der Waals surface area contributed by atoms with E-state index in [2.05, 4.69) is 22.8 Å². The number of amides is 2. The molecule has 0 aliphatic heterocycles. The van der Waals surface area contributed by atoms with E-state index in [1.54, 1.807) is 24.3 Å². The normalized spacial score (nSPS) is 11.4. The molecular formula is C22H17ClN2O2. The number of anilines is 1. The Balaban J connectivity index is 1.39. The predicted molar refractivity (Wildman–Crippen MR) is 107 cm³/mol.